The maximum absolute atomic E-state index is 13.0. The Labute approximate surface area is 183 Å². The lowest BCUT2D eigenvalue weighted by atomic mass is 9.85. The summed E-state index contributed by atoms with van der Waals surface area (Å²) in [6.07, 6.45) is 6.20. The molecule has 2 rings (SSSR count). The summed E-state index contributed by atoms with van der Waals surface area (Å²) in [6, 6.07) is 10.4. The molecule has 6 heteroatoms. The van der Waals surface area contributed by atoms with Gasteiger partial charge in [-0.3, -0.25) is 14.4 Å². The fourth-order valence-corrected chi connectivity index (χ4v) is 3.05. The SMILES string of the molecule is CC(=O)Nc1cc(C(C)(C)C)cc(NC(=O)c2cccc(C=O)c2)c1/C=C/CCCN. The smallest absolute Gasteiger partial charge is 0.255 e. The summed E-state index contributed by atoms with van der Waals surface area (Å²) in [5.41, 5.74) is 9.07. The van der Waals surface area contributed by atoms with Gasteiger partial charge in [-0.1, -0.05) is 45.1 Å². The number of hydrogen-bond donors (Lipinski definition) is 3. The molecule has 0 fully saturated rings. The Balaban J connectivity index is 2.56. The van der Waals surface area contributed by atoms with Gasteiger partial charge in [0.05, 0.1) is 11.4 Å². The van der Waals surface area contributed by atoms with Crippen molar-refractivity contribution < 1.29 is 14.4 Å². The zero-order valence-electron chi connectivity index (χ0n) is 18.6. The van der Waals surface area contributed by atoms with Crippen molar-refractivity contribution in [2.45, 2.75) is 46.0 Å². The molecule has 2 aromatic rings. The minimum atomic E-state index is -0.333. The predicted octanol–water partition coefficient (Wildman–Crippen LogP) is 4.76. The van der Waals surface area contributed by atoms with Gasteiger partial charge in [-0.05, 0) is 54.6 Å². The van der Waals surface area contributed by atoms with Gasteiger partial charge in [0.2, 0.25) is 5.91 Å². The zero-order chi connectivity index (χ0) is 23.0. The number of hydrogen-bond acceptors (Lipinski definition) is 4. The number of anilines is 2. The molecule has 0 unspecified atom stereocenters. The van der Waals surface area contributed by atoms with Gasteiger partial charge in [0.15, 0.2) is 0 Å². The average molecular weight is 422 g/mol. The highest BCUT2D eigenvalue weighted by atomic mass is 16.2. The first-order chi connectivity index (χ1) is 14.7. The van der Waals surface area contributed by atoms with Crippen LogP contribution in [0.2, 0.25) is 0 Å². The molecule has 0 aromatic heterocycles. The molecular weight excluding hydrogens is 390 g/mol. The van der Waals surface area contributed by atoms with E-state index in [1.165, 1.54) is 6.92 Å². The second-order valence-corrected chi connectivity index (χ2v) is 8.45. The van der Waals surface area contributed by atoms with Gasteiger partial charge >= 0.3 is 0 Å². The van der Waals surface area contributed by atoms with Crippen LogP contribution in [-0.4, -0.2) is 24.6 Å². The van der Waals surface area contributed by atoms with Crippen LogP contribution in [-0.2, 0) is 10.2 Å². The largest absolute Gasteiger partial charge is 0.330 e. The molecule has 4 N–H and O–H groups in total. The minimum Gasteiger partial charge on any atom is -0.330 e. The van der Waals surface area contributed by atoms with Crippen molar-refractivity contribution in [3.05, 3.63) is 64.7 Å². The Bertz CT molecular complexity index is 988. The van der Waals surface area contributed by atoms with Crippen LogP contribution in [0.25, 0.3) is 6.08 Å². The van der Waals surface area contributed by atoms with Crippen molar-refractivity contribution in [1.82, 2.24) is 0 Å². The minimum absolute atomic E-state index is 0.196. The molecule has 0 aliphatic heterocycles. The van der Waals surface area contributed by atoms with Crippen LogP contribution in [0.1, 0.15) is 72.4 Å². The van der Waals surface area contributed by atoms with Crippen molar-refractivity contribution in [2.75, 3.05) is 17.2 Å². The molecule has 31 heavy (non-hydrogen) atoms. The van der Waals surface area contributed by atoms with Gasteiger partial charge in [-0.25, -0.2) is 0 Å². The lowest BCUT2D eigenvalue weighted by Gasteiger charge is -2.24. The van der Waals surface area contributed by atoms with Gasteiger partial charge in [0, 0.05) is 23.6 Å². The highest BCUT2D eigenvalue weighted by Gasteiger charge is 2.20. The van der Waals surface area contributed by atoms with Crippen LogP contribution in [0, 0.1) is 0 Å². The fourth-order valence-electron chi connectivity index (χ4n) is 3.05. The second-order valence-electron chi connectivity index (χ2n) is 8.45. The summed E-state index contributed by atoms with van der Waals surface area (Å²) in [6.45, 7) is 8.23. The second kappa shape index (κ2) is 10.7. The molecule has 0 saturated carbocycles. The third kappa shape index (κ3) is 6.89. The number of benzene rings is 2. The molecule has 2 aromatic carbocycles. The number of nitrogens with two attached hydrogens (primary N) is 1. The van der Waals surface area contributed by atoms with Gasteiger partial charge in [-0.15, -0.1) is 0 Å². The fraction of sp³-hybridized carbons (Fsp3) is 0.320. The number of nitrogens with one attached hydrogen (secondary N) is 2. The van der Waals surface area contributed by atoms with Crippen molar-refractivity contribution in [3.8, 4) is 0 Å². The average Bonchev–Trinajstić information content (AvgIpc) is 2.71. The number of aldehydes is 1. The summed E-state index contributed by atoms with van der Waals surface area (Å²) in [7, 11) is 0. The summed E-state index contributed by atoms with van der Waals surface area (Å²) >= 11 is 0. The Kier molecular flexibility index (Phi) is 8.28. The van der Waals surface area contributed by atoms with Crippen LogP contribution in [0.5, 0.6) is 0 Å². The van der Waals surface area contributed by atoms with Gasteiger partial charge in [-0.2, -0.15) is 0 Å². The van der Waals surface area contributed by atoms with Crippen LogP contribution < -0.4 is 16.4 Å². The quantitative estimate of drug-likeness (QED) is 0.422. The maximum atomic E-state index is 13.0. The van der Waals surface area contributed by atoms with Crippen molar-refractivity contribution in [2.24, 2.45) is 5.73 Å². The van der Waals surface area contributed by atoms with E-state index in [-0.39, 0.29) is 17.2 Å². The normalized spacial score (nSPS) is 11.4. The zero-order valence-corrected chi connectivity index (χ0v) is 18.6. The first-order valence-corrected chi connectivity index (χ1v) is 10.3. The number of carbonyl (C=O) groups excluding carboxylic acids is 3. The summed E-state index contributed by atoms with van der Waals surface area (Å²) in [5.74, 6) is -0.529. The molecular formula is C25H31N3O3. The summed E-state index contributed by atoms with van der Waals surface area (Å²) in [5, 5.41) is 5.85. The van der Waals surface area contributed by atoms with Crippen molar-refractivity contribution in [1.29, 1.82) is 0 Å². The first-order valence-electron chi connectivity index (χ1n) is 10.3. The third-order valence-corrected chi connectivity index (χ3v) is 4.75. The third-order valence-electron chi connectivity index (χ3n) is 4.75. The summed E-state index contributed by atoms with van der Waals surface area (Å²) < 4.78 is 0. The van der Waals surface area contributed by atoms with E-state index >= 15 is 0 Å². The standard InChI is InChI=1S/C25H31N3O3/c1-17(30)27-22-14-20(25(2,3)4)15-23(21(22)11-6-5-7-12-26)28-24(31)19-10-8-9-18(13-19)16-29/h6,8-11,13-16H,5,7,12,26H2,1-4H3,(H,27,30)(H,28,31)/b11-6+. The number of carbonyl (C=O) groups is 3. The molecule has 0 radical (unpaired) electrons. The van der Waals surface area contributed by atoms with E-state index in [0.717, 1.165) is 18.4 Å². The molecule has 0 aliphatic carbocycles. The van der Waals surface area contributed by atoms with E-state index in [2.05, 4.69) is 31.4 Å². The molecule has 2 amide bonds. The number of rotatable bonds is 8. The molecule has 0 bridgehead atoms. The van der Waals surface area contributed by atoms with Crippen molar-refractivity contribution in [3.63, 3.8) is 0 Å². The van der Waals surface area contributed by atoms with Crippen molar-refractivity contribution >= 4 is 35.6 Å². The first kappa shape index (κ1) is 24.0. The van der Waals surface area contributed by atoms with Crippen LogP contribution in [0.4, 0.5) is 11.4 Å². The number of unbranched alkanes of at least 4 members (excludes halogenated alkanes) is 1. The molecule has 6 nitrogen and oxygen atoms in total. The predicted molar refractivity (Wildman–Crippen MR) is 127 cm³/mol. The lowest BCUT2D eigenvalue weighted by Crippen LogP contribution is -2.18. The molecule has 0 aliphatic rings. The van der Waals surface area contributed by atoms with Crippen LogP contribution >= 0.6 is 0 Å². The van der Waals surface area contributed by atoms with Crippen LogP contribution in [0.15, 0.2) is 42.5 Å². The highest BCUT2D eigenvalue weighted by molar-refractivity contribution is 6.07. The van der Waals surface area contributed by atoms with Crippen LogP contribution in [0.3, 0.4) is 0 Å². The van der Waals surface area contributed by atoms with E-state index in [0.29, 0.717) is 40.9 Å². The van der Waals surface area contributed by atoms with E-state index in [9.17, 15) is 14.4 Å². The molecule has 164 valence electrons. The van der Waals surface area contributed by atoms with Gasteiger partial charge < -0.3 is 16.4 Å². The van der Waals surface area contributed by atoms with E-state index in [1.54, 1.807) is 24.3 Å². The Morgan fingerprint density at radius 3 is 2.32 bits per heavy atom. The van der Waals surface area contributed by atoms with Gasteiger partial charge in [0.25, 0.3) is 5.91 Å². The van der Waals surface area contributed by atoms with E-state index < -0.39 is 0 Å². The number of allylic oxidation sites excluding steroid dienone is 1. The summed E-state index contributed by atoms with van der Waals surface area (Å²) in [4.78, 5) is 35.9. The number of amides is 2. The lowest BCUT2D eigenvalue weighted by molar-refractivity contribution is -0.114. The maximum Gasteiger partial charge on any atom is 0.255 e. The Hall–Kier alpha value is -3.25. The Morgan fingerprint density at radius 1 is 1.06 bits per heavy atom. The topological polar surface area (TPSA) is 101 Å². The molecule has 0 heterocycles. The molecule has 0 saturated heterocycles. The highest BCUT2D eigenvalue weighted by Crippen LogP contribution is 2.34. The molecule has 0 atom stereocenters. The Morgan fingerprint density at radius 2 is 1.74 bits per heavy atom. The van der Waals surface area contributed by atoms with E-state index in [4.69, 9.17) is 5.73 Å². The monoisotopic (exact) mass is 421 g/mol. The van der Waals surface area contributed by atoms with E-state index in [1.807, 2.05) is 24.3 Å². The molecule has 0 spiro atoms. The van der Waals surface area contributed by atoms with Gasteiger partial charge in [0.1, 0.15) is 6.29 Å².